The number of hydrogen-bond donors (Lipinski definition) is 1. The highest BCUT2D eigenvalue weighted by molar-refractivity contribution is 7.80. The smallest absolute Gasteiger partial charge is 0.269 e. The number of carbonyl (C=O) groups is 1. The van der Waals surface area contributed by atoms with Gasteiger partial charge in [0.05, 0.1) is 16.0 Å². The molecule has 0 bridgehead atoms. The molecule has 0 fully saturated rings. The first kappa shape index (κ1) is 17.2. The van der Waals surface area contributed by atoms with Crippen LogP contribution in [0.25, 0.3) is 0 Å². The van der Waals surface area contributed by atoms with E-state index in [1.165, 1.54) is 12.1 Å². The van der Waals surface area contributed by atoms with Crippen molar-refractivity contribution in [3.8, 4) is 6.07 Å². The predicted octanol–water partition coefficient (Wildman–Crippen LogP) is 3.39. The number of carbonyl (C=O) groups excluding carboxylic acids is 1. The van der Waals surface area contributed by atoms with E-state index in [-0.39, 0.29) is 16.9 Å². The number of allylic oxidation sites excluding steroid dienone is 2. The molecule has 25 heavy (non-hydrogen) atoms. The average molecular weight is 355 g/mol. The molecule has 2 atom stereocenters. The fourth-order valence-electron chi connectivity index (χ4n) is 3.65. The van der Waals surface area contributed by atoms with Gasteiger partial charge in [-0.15, -0.1) is 0 Å². The van der Waals surface area contributed by atoms with Crippen LogP contribution in [-0.4, -0.2) is 15.7 Å². The molecular formula is C18H17N3O3S. The average Bonchev–Trinajstić information content (AvgIpc) is 2.52. The fraction of sp³-hybridized carbons (Fsp3) is 0.389. The van der Waals surface area contributed by atoms with Crippen LogP contribution in [0.15, 0.2) is 35.5 Å². The summed E-state index contributed by atoms with van der Waals surface area (Å²) in [5.74, 6) is -1.15. The summed E-state index contributed by atoms with van der Waals surface area (Å²) in [6.07, 6.45) is 1.08. The normalized spacial score (nSPS) is 25.0. The zero-order valence-corrected chi connectivity index (χ0v) is 14.7. The fourth-order valence-corrected chi connectivity index (χ4v) is 3.96. The first-order valence-corrected chi connectivity index (χ1v) is 8.35. The number of nitriles is 1. The van der Waals surface area contributed by atoms with E-state index in [0.29, 0.717) is 29.0 Å². The first-order chi connectivity index (χ1) is 11.7. The van der Waals surface area contributed by atoms with E-state index in [1.807, 2.05) is 13.8 Å². The Morgan fingerprint density at radius 2 is 1.96 bits per heavy atom. The predicted molar refractivity (Wildman–Crippen MR) is 95.7 cm³/mol. The van der Waals surface area contributed by atoms with E-state index < -0.39 is 16.8 Å². The minimum Gasteiger partial charge on any atom is -0.352 e. The van der Waals surface area contributed by atoms with E-state index in [0.717, 1.165) is 5.70 Å². The summed E-state index contributed by atoms with van der Waals surface area (Å²) in [6, 6.07) is 8.20. The molecule has 0 amide bonds. The van der Waals surface area contributed by atoms with Crippen molar-refractivity contribution in [1.29, 1.82) is 5.26 Å². The number of non-ortho nitro benzene ring substituents is 1. The topological polar surface area (TPSA) is 96.0 Å². The Bertz CT molecular complexity index is 849. The van der Waals surface area contributed by atoms with E-state index >= 15 is 0 Å². The van der Waals surface area contributed by atoms with Crippen molar-refractivity contribution in [2.24, 2.45) is 11.3 Å². The summed E-state index contributed by atoms with van der Waals surface area (Å²) in [6.45, 7) is 4.05. The van der Waals surface area contributed by atoms with Crippen LogP contribution < -0.4 is 5.32 Å². The third-order valence-electron chi connectivity index (χ3n) is 4.72. The molecule has 3 rings (SSSR count). The highest BCUT2D eigenvalue weighted by Crippen LogP contribution is 2.46. The quantitative estimate of drug-likeness (QED) is 0.496. The van der Waals surface area contributed by atoms with Gasteiger partial charge in [0.2, 0.25) is 0 Å². The lowest BCUT2D eigenvalue weighted by atomic mass is 9.67. The van der Waals surface area contributed by atoms with Crippen LogP contribution in [-0.2, 0) is 4.79 Å². The van der Waals surface area contributed by atoms with E-state index in [4.69, 9.17) is 12.2 Å². The molecule has 2 unspecified atom stereocenters. The van der Waals surface area contributed by atoms with Gasteiger partial charge < -0.3 is 5.32 Å². The van der Waals surface area contributed by atoms with Crippen LogP contribution in [0, 0.1) is 32.8 Å². The number of benzene rings is 1. The Morgan fingerprint density at radius 1 is 1.32 bits per heavy atom. The number of ketones is 1. The lowest BCUT2D eigenvalue weighted by Gasteiger charge is -2.40. The third kappa shape index (κ3) is 3.05. The Kier molecular flexibility index (Phi) is 4.17. The maximum atomic E-state index is 12.8. The molecule has 1 aromatic carbocycles. The SMILES string of the molecule is CC1(C)CC(=O)C2=C(C1)NC(=S)C(C#N)C2c1ccc([N+](=O)[O-])cc1. The molecule has 1 aliphatic heterocycles. The van der Waals surface area contributed by atoms with Crippen molar-refractivity contribution < 1.29 is 9.72 Å². The van der Waals surface area contributed by atoms with Crippen molar-refractivity contribution in [1.82, 2.24) is 5.32 Å². The minimum atomic E-state index is -0.666. The lowest BCUT2D eigenvalue weighted by Crippen LogP contribution is -2.44. The zero-order valence-electron chi connectivity index (χ0n) is 13.9. The second kappa shape index (κ2) is 6.05. The van der Waals surface area contributed by atoms with Crippen LogP contribution >= 0.6 is 12.2 Å². The summed E-state index contributed by atoms with van der Waals surface area (Å²) in [7, 11) is 0. The largest absolute Gasteiger partial charge is 0.352 e. The number of rotatable bonds is 2. The standard InChI is InChI=1S/C18H17N3O3S/c1-18(2)7-13-16(14(22)8-18)15(12(9-19)17(25)20-13)10-3-5-11(6-4-10)21(23)24/h3-6,12,15H,7-8H2,1-2H3,(H,20,25). The van der Waals surface area contributed by atoms with E-state index in [1.54, 1.807) is 12.1 Å². The molecule has 0 saturated carbocycles. The molecule has 1 heterocycles. The molecule has 1 aliphatic carbocycles. The van der Waals surface area contributed by atoms with Gasteiger partial charge >= 0.3 is 0 Å². The monoisotopic (exact) mass is 355 g/mol. The van der Waals surface area contributed by atoms with Crippen LogP contribution in [0.1, 0.15) is 38.2 Å². The number of nitrogens with zero attached hydrogens (tertiary/aromatic N) is 2. The van der Waals surface area contributed by atoms with Crippen molar-refractivity contribution >= 4 is 28.7 Å². The molecule has 2 aliphatic rings. The lowest BCUT2D eigenvalue weighted by molar-refractivity contribution is -0.384. The molecule has 0 radical (unpaired) electrons. The van der Waals surface area contributed by atoms with Gasteiger partial charge in [-0.3, -0.25) is 14.9 Å². The van der Waals surface area contributed by atoms with Gasteiger partial charge in [-0.05, 0) is 17.4 Å². The molecule has 0 saturated heterocycles. The third-order valence-corrected chi connectivity index (χ3v) is 5.08. The van der Waals surface area contributed by atoms with Gasteiger partial charge in [-0.1, -0.05) is 38.2 Å². The van der Waals surface area contributed by atoms with Gasteiger partial charge in [-0.25, -0.2) is 0 Å². The van der Waals surface area contributed by atoms with Crippen molar-refractivity contribution in [2.75, 3.05) is 0 Å². The summed E-state index contributed by atoms with van der Waals surface area (Å²) in [5.41, 5.74) is 1.87. The van der Waals surface area contributed by atoms with Crippen LogP contribution in [0.4, 0.5) is 5.69 Å². The maximum absolute atomic E-state index is 12.8. The Balaban J connectivity index is 2.13. The molecule has 7 heteroatoms. The first-order valence-electron chi connectivity index (χ1n) is 7.94. The second-order valence-electron chi connectivity index (χ2n) is 7.26. The minimum absolute atomic E-state index is 0.00449. The zero-order chi connectivity index (χ0) is 18.4. The molecule has 128 valence electrons. The molecule has 6 nitrogen and oxygen atoms in total. The number of Topliss-reactive ketones (excluding diaryl/α,β-unsaturated/α-hetero) is 1. The summed E-state index contributed by atoms with van der Waals surface area (Å²) < 4.78 is 0. The van der Waals surface area contributed by atoms with Crippen LogP contribution in [0.5, 0.6) is 0 Å². The molecule has 1 N–H and O–H groups in total. The van der Waals surface area contributed by atoms with Gasteiger partial charge in [0, 0.05) is 35.7 Å². The summed E-state index contributed by atoms with van der Waals surface area (Å²) in [5, 5.41) is 23.6. The van der Waals surface area contributed by atoms with Gasteiger partial charge in [0.1, 0.15) is 5.92 Å². The molecule has 1 aromatic rings. The van der Waals surface area contributed by atoms with Gasteiger partial charge in [0.15, 0.2) is 5.78 Å². The maximum Gasteiger partial charge on any atom is 0.269 e. The van der Waals surface area contributed by atoms with E-state index in [9.17, 15) is 20.2 Å². The number of nitro benzene ring substituents is 1. The Morgan fingerprint density at radius 3 is 2.52 bits per heavy atom. The Hall–Kier alpha value is -2.59. The summed E-state index contributed by atoms with van der Waals surface area (Å²) >= 11 is 5.37. The van der Waals surface area contributed by atoms with Gasteiger partial charge in [0.25, 0.3) is 5.69 Å². The Labute approximate surface area is 150 Å². The number of nitro groups is 1. The van der Waals surface area contributed by atoms with Crippen molar-refractivity contribution in [3.63, 3.8) is 0 Å². The van der Waals surface area contributed by atoms with Crippen molar-refractivity contribution in [3.05, 3.63) is 51.2 Å². The second-order valence-corrected chi connectivity index (χ2v) is 7.70. The molecular weight excluding hydrogens is 338 g/mol. The number of nitrogens with one attached hydrogen (secondary N) is 1. The van der Waals surface area contributed by atoms with Crippen LogP contribution in [0.2, 0.25) is 0 Å². The number of thiocarbonyl (C=S) groups is 1. The van der Waals surface area contributed by atoms with E-state index in [2.05, 4.69) is 11.4 Å². The van der Waals surface area contributed by atoms with Crippen molar-refractivity contribution in [2.45, 2.75) is 32.6 Å². The summed E-state index contributed by atoms with van der Waals surface area (Å²) in [4.78, 5) is 23.6. The van der Waals surface area contributed by atoms with Crippen LogP contribution in [0.3, 0.4) is 0 Å². The molecule has 0 aromatic heterocycles. The highest BCUT2D eigenvalue weighted by Gasteiger charge is 2.44. The highest BCUT2D eigenvalue weighted by atomic mass is 32.1. The van der Waals surface area contributed by atoms with Gasteiger partial charge in [-0.2, -0.15) is 5.26 Å². The number of hydrogen-bond acceptors (Lipinski definition) is 5. The molecule has 0 spiro atoms.